The number of amides is 3. The Morgan fingerprint density at radius 2 is 1.84 bits per heavy atom. The predicted octanol–water partition coefficient (Wildman–Crippen LogP) is 3.06. The highest BCUT2D eigenvalue weighted by Crippen LogP contribution is 2.37. The van der Waals surface area contributed by atoms with E-state index in [9.17, 15) is 9.59 Å². The molecule has 4 heterocycles. The summed E-state index contributed by atoms with van der Waals surface area (Å²) in [4.78, 5) is 37.0. The van der Waals surface area contributed by atoms with E-state index in [4.69, 9.17) is 0 Å². The van der Waals surface area contributed by atoms with Gasteiger partial charge in [-0.15, -0.1) is 0 Å². The Bertz CT molecular complexity index is 1080. The van der Waals surface area contributed by atoms with Crippen LogP contribution in [0.3, 0.4) is 0 Å². The molecule has 0 bridgehead atoms. The number of carbonyl (C=O) groups is 2. The van der Waals surface area contributed by atoms with E-state index in [2.05, 4.69) is 15.0 Å². The average Bonchev–Trinajstić information content (AvgIpc) is 3.49. The number of fused-ring (bicyclic) bond motifs is 4. The molecule has 3 amide bonds. The van der Waals surface area contributed by atoms with E-state index < -0.39 is 0 Å². The number of urea groups is 1. The highest BCUT2D eigenvalue weighted by atomic mass is 16.2. The minimum absolute atomic E-state index is 0.0390. The number of benzene rings is 1. The highest BCUT2D eigenvalue weighted by Gasteiger charge is 2.43. The quantitative estimate of drug-likeness (QED) is 0.748. The van der Waals surface area contributed by atoms with Gasteiger partial charge in [-0.05, 0) is 43.7 Å². The minimum atomic E-state index is -0.183. The molecule has 1 aromatic carbocycles. The number of aliphatic imine (C=N–C) groups is 1. The molecule has 1 saturated carbocycles. The molecule has 0 unspecified atom stereocenters. The van der Waals surface area contributed by atoms with Crippen molar-refractivity contribution in [1.29, 1.82) is 0 Å². The van der Waals surface area contributed by atoms with Crippen LogP contribution in [0.4, 0.5) is 10.6 Å². The van der Waals surface area contributed by atoms with Gasteiger partial charge in [-0.25, -0.2) is 9.48 Å². The lowest BCUT2D eigenvalue weighted by atomic mass is 9.78. The maximum atomic E-state index is 13.6. The molecule has 166 valence electrons. The highest BCUT2D eigenvalue weighted by molar-refractivity contribution is 6.20. The first-order valence-corrected chi connectivity index (χ1v) is 11.8. The Balaban J connectivity index is 1.36. The van der Waals surface area contributed by atoms with Gasteiger partial charge in [0.15, 0.2) is 5.82 Å². The number of likely N-dealkylation sites (tertiary alicyclic amines) is 1. The van der Waals surface area contributed by atoms with Gasteiger partial charge < -0.3 is 4.90 Å². The summed E-state index contributed by atoms with van der Waals surface area (Å²) in [6.07, 6.45) is 8.79. The maximum Gasteiger partial charge on any atom is 0.331 e. The van der Waals surface area contributed by atoms with Gasteiger partial charge >= 0.3 is 6.03 Å². The van der Waals surface area contributed by atoms with Crippen LogP contribution in [0.15, 0.2) is 41.5 Å². The van der Waals surface area contributed by atoms with E-state index >= 15 is 0 Å². The van der Waals surface area contributed by atoms with Crippen LogP contribution in [0.5, 0.6) is 0 Å². The van der Waals surface area contributed by atoms with Crippen LogP contribution in [0.2, 0.25) is 0 Å². The van der Waals surface area contributed by atoms with Crippen molar-refractivity contribution in [2.45, 2.75) is 44.6 Å². The zero-order valence-electron chi connectivity index (χ0n) is 18.2. The Morgan fingerprint density at radius 3 is 2.72 bits per heavy atom. The van der Waals surface area contributed by atoms with Gasteiger partial charge in [-0.3, -0.25) is 19.6 Å². The number of nitrogens with zero attached hydrogens (tertiary/aromatic N) is 6. The number of para-hydroxylation sites is 1. The molecule has 1 aromatic heterocycles. The van der Waals surface area contributed by atoms with Crippen LogP contribution in [0.25, 0.3) is 5.69 Å². The lowest BCUT2D eigenvalue weighted by Crippen LogP contribution is -2.56. The van der Waals surface area contributed by atoms with Crippen molar-refractivity contribution in [2.24, 2.45) is 10.9 Å². The SMILES string of the molecule is O=C1N2CCN=C2c2cnn(-c3ccccc3)c2N1CC(=O)N1CCC[C@@H]2CCCC[C@@H]21. The monoisotopic (exact) mass is 432 g/mol. The van der Waals surface area contributed by atoms with E-state index in [1.165, 1.54) is 25.7 Å². The van der Waals surface area contributed by atoms with Gasteiger partial charge in [0, 0.05) is 19.1 Å². The van der Waals surface area contributed by atoms with E-state index in [0.717, 1.165) is 30.6 Å². The first-order valence-electron chi connectivity index (χ1n) is 11.8. The van der Waals surface area contributed by atoms with E-state index in [1.807, 2.05) is 30.3 Å². The molecule has 6 rings (SSSR count). The Kier molecular flexibility index (Phi) is 4.73. The predicted molar refractivity (Wildman–Crippen MR) is 121 cm³/mol. The van der Waals surface area contributed by atoms with Crippen molar-refractivity contribution in [3.05, 3.63) is 42.1 Å². The van der Waals surface area contributed by atoms with Crippen LogP contribution < -0.4 is 4.90 Å². The molecule has 3 aliphatic heterocycles. The van der Waals surface area contributed by atoms with E-state index in [1.54, 1.807) is 20.7 Å². The number of hydrogen-bond donors (Lipinski definition) is 0. The molecule has 0 radical (unpaired) electrons. The zero-order chi connectivity index (χ0) is 21.7. The van der Waals surface area contributed by atoms with Crippen molar-refractivity contribution in [2.75, 3.05) is 31.1 Å². The van der Waals surface area contributed by atoms with Gasteiger partial charge in [0.2, 0.25) is 5.91 Å². The molecule has 1 saturated heterocycles. The summed E-state index contributed by atoms with van der Waals surface area (Å²) < 4.78 is 1.76. The fourth-order valence-electron chi connectivity index (χ4n) is 5.92. The van der Waals surface area contributed by atoms with Gasteiger partial charge in [-0.2, -0.15) is 5.10 Å². The molecule has 2 aromatic rings. The van der Waals surface area contributed by atoms with Crippen LogP contribution in [0.1, 0.15) is 44.1 Å². The van der Waals surface area contributed by atoms with Gasteiger partial charge in [0.1, 0.15) is 12.4 Å². The van der Waals surface area contributed by atoms with Crippen molar-refractivity contribution >= 4 is 23.6 Å². The van der Waals surface area contributed by atoms with Crippen LogP contribution in [-0.2, 0) is 4.79 Å². The molecule has 1 aliphatic carbocycles. The summed E-state index contributed by atoms with van der Waals surface area (Å²) in [5.41, 5.74) is 1.67. The summed E-state index contributed by atoms with van der Waals surface area (Å²) in [6, 6.07) is 9.89. The number of hydrogen-bond acceptors (Lipinski definition) is 4. The third kappa shape index (κ3) is 3.04. The zero-order valence-corrected chi connectivity index (χ0v) is 18.2. The summed E-state index contributed by atoms with van der Waals surface area (Å²) >= 11 is 0. The van der Waals surface area contributed by atoms with Gasteiger partial charge in [0.05, 0.1) is 24.0 Å². The molecule has 8 heteroatoms. The molecule has 32 heavy (non-hydrogen) atoms. The molecule has 8 nitrogen and oxygen atoms in total. The van der Waals surface area contributed by atoms with Crippen LogP contribution >= 0.6 is 0 Å². The molecule has 0 N–H and O–H groups in total. The second-order valence-corrected chi connectivity index (χ2v) is 9.20. The summed E-state index contributed by atoms with van der Waals surface area (Å²) in [5.74, 6) is 1.97. The first kappa shape index (κ1) is 19.5. The van der Waals surface area contributed by atoms with Crippen LogP contribution in [-0.4, -0.2) is 69.6 Å². The second kappa shape index (κ2) is 7.76. The maximum absolute atomic E-state index is 13.6. The van der Waals surface area contributed by atoms with E-state index in [0.29, 0.717) is 36.7 Å². The minimum Gasteiger partial charge on any atom is -0.338 e. The molecular formula is C24H28N6O2. The third-order valence-electron chi connectivity index (χ3n) is 7.40. The topological polar surface area (TPSA) is 74.0 Å². The molecule has 4 aliphatic rings. The molecular weight excluding hydrogens is 404 g/mol. The van der Waals surface area contributed by atoms with E-state index in [-0.39, 0.29) is 18.5 Å². The van der Waals surface area contributed by atoms with Crippen molar-refractivity contribution in [3.63, 3.8) is 0 Å². The number of carbonyl (C=O) groups excluding carboxylic acids is 2. The number of aromatic nitrogens is 2. The van der Waals surface area contributed by atoms with Crippen molar-refractivity contribution < 1.29 is 9.59 Å². The average molecular weight is 433 g/mol. The van der Waals surface area contributed by atoms with Gasteiger partial charge in [0.25, 0.3) is 0 Å². The normalized spacial score (nSPS) is 24.7. The standard InChI is InChI=1S/C24H28N6O2/c31-21(27-13-6-8-17-7-4-5-11-20(17)27)16-29-23-19(22-25-12-14-28(22)24(29)32)15-26-30(23)18-9-2-1-3-10-18/h1-3,9-10,15,17,20H,4-8,11-14,16H2/t17-,20-/m0/s1. The summed E-state index contributed by atoms with van der Waals surface area (Å²) in [6.45, 7) is 1.96. The smallest absolute Gasteiger partial charge is 0.331 e. The molecule has 2 fully saturated rings. The lowest BCUT2D eigenvalue weighted by Gasteiger charge is -2.45. The Hall–Kier alpha value is -3.16. The van der Waals surface area contributed by atoms with Crippen molar-refractivity contribution in [1.82, 2.24) is 19.6 Å². The second-order valence-electron chi connectivity index (χ2n) is 9.20. The van der Waals surface area contributed by atoms with Gasteiger partial charge in [-0.1, -0.05) is 31.0 Å². The van der Waals surface area contributed by atoms with Crippen molar-refractivity contribution in [3.8, 4) is 5.69 Å². The molecule has 2 atom stereocenters. The number of anilines is 1. The van der Waals surface area contributed by atoms with Crippen LogP contribution in [0, 0.1) is 5.92 Å². The first-order chi connectivity index (χ1) is 15.7. The largest absolute Gasteiger partial charge is 0.338 e. The summed E-state index contributed by atoms with van der Waals surface area (Å²) in [7, 11) is 0. The summed E-state index contributed by atoms with van der Waals surface area (Å²) in [5, 5.41) is 4.59. The number of rotatable bonds is 3. The fraction of sp³-hybridized carbons (Fsp3) is 0.500. The third-order valence-corrected chi connectivity index (χ3v) is 7.40. The fourth-order valence-corrected chi connectivity index (χ4v) is 5.92. The Labute approximate surface area is 187 Å². The number of piperidine rings is 1. The lowest BCUT2D eigenvalue weighted by molar-refractivity contribution is -0.135. The number of amidine groups is 1. The Morgan fingerprint density at radius 1 is 1.03 bits per heavy atom. The molecule has 0 spiro atoms.